The highest BCUT2D eigenvalue weighted by atomic mass is 35.5. The number of allylic oxidation sites excluding steroid dienone is 1. The summed E-state index contributed by atoms with van der Waals surface area (Å²) in [6.07, 6.45) is 2.03. The van der Waals surface area contributed by atoms with Gasteiger partial charge in [0.25, 0.3) is 0 Å². The van der Waals surface area contributed by atoms with Crippen LogP contribution in [0.2, 0.25) is 5.02 Å². The maximum atomic E-state index is 12.4. The van der Waals surface area contributed by atoms with Crippen molar-refractivity contribution in [2.45, 2.75) is 32.6 Å². The van der Waals surface area contributed by atoms with Gasteiger partial charge in [0.2, 0.25) is 5.88 Å². The number of nitrogens with zero attached hydrogens (tertiary/aromatic N) is 1. The number of fused-ring (bicyclic) bond motifs is 1. The molecular weight excluding hydrogens is 492 g/mol. The summed E-state index contributed by atoms with van der Waals surface area (Å²) in [7, 11) is 0. The average molecular weight is 519 g/mol. The minimum atomic E-state index is -0.584. The minimum absolute atomic E-state index is 0.00758. The number of aryl methyl sites for hydroxylation is 1. The van der Waals surface area contributed by atoms with Crippen LogP contribution in [0.25, 0.3) is 0 Å². The zero-order valence-electron chi connectivity index (χ0n) is 20.6. The van der Waals surface area contributed by atoms with Crippen LogP contribution < -0.4 is 24.7 Å². The average Bonchev–Trinajstić information content (AvgIpc) is 2.89. The Kier molecular flexibility index (Phi) is 8.22. The topological polar surface area (TPSA) is 104 Å². The van der Waals surface area contributed by atoms with Crippen LogP contribution in [0.1, 0.15) is 42.4 Å². The molecule has 0 radical (unpaired) electrons. The van der Waals surface area contributed by atoms with E-state index in [-0.39, 0.29) is 18.2 Å². The van der Waals surface area contributed by atoms with E-state index in [4.69, 9.17) is 36.3 Å². The van der Waals surface area contributed by atoms with Crippen molar-refractivity contribution in [3.05, 3.63) is 93.8 Å². The summed E-state index contributed by atoms with van der Waals surface area (Å²) < 4.78 is 22.4. The molecule has 1 heterocycles. The summed E-state index contributed by atoms with van der Waals surface area (Å²) in [6.45, 7) is 4.33. The molecule has 8 heteroatoms. The number of halogens is 1. The number of benzene rings is 3. The van der Waals surface area contributed by atoms with E-state index in [0.717, 1.165) is 35.3 Å². The quantitative estimate of drug-likeness (QED) is 0.209. The van der Waals surface area contributed by atoms with Crippen LogP contribution in [-0.2, 0) is 4.79 Å². The summed E-state index contributed by atoms with van der Waals surface area (Å²) in [4.78, 5) is 12.4. The standard InChI is InChI=1S/C29H27ClN2O5/c1-3-4-13-34-20-7-5-19(6-8-20)28-23-11-9-22(15-26(23)37-29(32)24(28)16-31)36-27(33)17-35-21-10-12-25(30)18(2)14-21/h5-12,14-15,28H,3-4,13,17,32H2,1-2H3. The lowest BCUT2D eigenvalue weighted by molar-refractivity contribution is -0.136. The van der Waals surface area contributed by atoms with E-state index in [9.17, 15) is 10.1 Å². The Hall–Kier alpha value is -4.15. The van der Waals surface area contributed by atoms with Gasteiger partial charge >= 0.3 is 5.97 Å². The van der Waals surface area contributed by atoms with Gasteiger partial charge in [0.15, 0.2) is 6.61 Å². The van der Waals surface area contributed by atoms with Gasteiger partial charge in [0, 0.05) is 16.7 Å². The van der Waals surface area contributed by atoms with Crippen molar-refractivity contribution in [3.8, 4) is 29.1 Å². The number of carbonyl (C=O) groups excluding carboxylic acids is 1. The van der Waals surface area contributed by atoms with E-state index >= 15 is 0 Å². The molecule has 0 aromatic heterocycles. The Balaban J connectivity index is 1.49. The first-order valence-electron chi connectivity index (χ1n) is 11.9. The number of hydrogen-bond acceptors (Lipinski definition) is 7. The predicted octanol–water partition coefficient (Wildman–Crippen LogP) is 6.03. The van der Waals surface area contributed by atoms with Gasteiger partial charge in [-0.25, -0.2) is 4.79 Å². The summed E-state index contributed by atoms with van der Waals surface area (Å²) in [5.74, 6) is 0.945. The number of esters is 1. The zero-order chi connectivity index (χ0) is 26.4. The van der Waals surface area contributed by atoms with Gasteiger partial charge < -0.3 is 24.7 Å². The first-order chi connectivity index (χ1) is 17.9. The molecule has 0 bridgehead atoms. The first-order valence-corrected chi connectivity index (χ1v) is 12.3. The van der Waals surface area contributed by atoms with E-state index in [1.54, 1.807) is 36.4 Å². The molecule has 0 saturated heterocycles. The molecule has 37 heavy (non-hydrogen) atoms. The van der Waals surface area contributed by atoms with E-state index < -0.39 is 11.9 Å². The van der Waals surface area contributed by atoms with Gasteiger partial charge in [0.05, 0.1) is 12.5 Å². The summed E-state index contributed by atoms with van der Waals surface area (Å²) in [5, 5.41) is 10.4. The van der Waals surface area contributed by atoms with Crippen LogP contribution in [-0.4, -0.2) is 19.2 Å². The molecule has 1 atom stereocenters. The molecule has 1 aliphatic rings. The smallest absolute Gasteiger partial charge is 0.349 e. The van der Waals surface area contributed by atoms with Crippen molar-refractivity contribution in [2.75, 3.05) is 13.2 Å². The Morgan fingerprint density at radius 3 is 2.49 bits per heavy atom. The van der Waals surface area contributed by atoms with Crippen molar-refractivity contribution in [2.24, 2.45) is 5.73 Å². The third-order valence-corrected chi connectivity index (χ3v) is 6.31. The van der Waals surface area contributed by atoms with E-state index in [0.29, 0.717) is 28.7 Å². The molecule has 2 N–H and O–H groups in total. The van der Waals surface area contributed by atoms with Gasteiger partial charge in [-0.1, -0.05) is 43.1 Å². The Labute approximate surface area is 221 Å². The van der Waals surface area contributed by atoms with Crippen LogP contribution in [0.15, 0.2) is 72.1 Å². The maximum Gasteiger partial charge on any atom is 0.349 e. The molecule has 1 aliphatic heterocycles. The number of unbranched alkanes of at least 4 members (excludes halogenated alkanes) is 1. The van der Waals surface area contributed by atoms with Gasteiger partial charge in [-0.15, -0.1) is 0 Å². The van der Waals surface area contributed by atoms with Gasteiger partial charge in [-0.3, -0.25) is 0 Å². The molecule has 3 aromatic rings. The molecular formula is C29H27ClN2O5. The molecule has 0 saturated carbocycles. The fraction of sp³-hybridized carbons (Fsp3) is 0.241. The Morgan fingerprint density at radius 2 is 1.78 bits per heavy atom. The Bertz CT molecular complexity index is 1360. The summed E-state index contributed by atoms with van der Waals surface area (Å²) in [6, 6.07) is 19.9. The fourth-order valence-electron chi connectivity index (χ4n) is 3.94. The second kappa shape index (κ2) is 11.7. The summed E-state index contributed by atoms with van der Waals surface area (Å²) >= 11 is 6.02. The lowest BCUT2D eigenvalue weighted by atomic mass is 9.83. The van der Waals surface area contributed by atoms with Crippen molar-refractivity contribution < 1.29 is 23.7 Å². The molecule has 7 nitrogen and oxygen atoms in total. The number of carbonyl (C=O) groups is 1. The summed E-state index contributed by atoms with van der Waals surface area (Å²) in [5.41, 5.74) is 8.85. The third kappa shape index (κ3) is 6.16. The van der Waals surface area contributed by atoms with E-state index in [1.807, 2.05) is 31.2 Å². The molecule has 0 aliphatic carbocycles. The molecule has 0 spiro atoms. The van der Waals surface area contributed by atoms with Crippen LogP contribution in [0, 0.1) is 18.3 Å². The SMILES string of the molecule is CCCCOc1ccc(C2C(C#N)=C(N)Oc3cc(OC(=O)COc4ccc(Cl)c(C)c4)ccc32)cc1. The number of hydrogen-bond donors (Lipinski definition) is 1. The predicted molar refractivity (Wildman–Crippen MR) is 140 cm³/mol. The lowest BCUT2D eigenvalue weighted by Gasteiger charge is -2.26. The Morgan fingerprint density at radius 1 is 1.05 bits per heavy atom. The largest absolute Gasteiger partial charge is 0.494 e. The monoisotopic (exact) mass is 518 g/mol. The van der Waals surface area contributed by atoms with Crippen molar-refractivity contribution >= 4 is 17.6 Å². The third-order valence-electron chi connectivity index (χ3n) is 5.89. The highest BCUT2D eigenvalue weighted by Crippen LogP contribution is 2.43. The van der Waals surface area contributed by atoms with Gasteiger partial charge in [0.1, 0.15) is 34.6 Å². The highest BCUT2D eigenvalue weighted by Gasteiger charge is 2.31. The number of nitriles is 1. The van der Waals surface area contributed by atoms with Crippen LogP contribution in [0.5, 0.6) is 23.0 Å². The zero-order valence-corrected chi connectivity index (χ0v) is 21.4. The van der Waals surface area contributed by atoms with Crippen LogP contribution in [0.4, 0.5) is 0 Å². The normalized spacial score (nSPS) is 14.3. The lowest BCUT2D eigenvalue weighted by Crippen LogP contribution is -2.21. The number of ether oxygens (including phenoxy) is 4. The number of rotatable bonds is 9. The minimum Gasteiger partial charge on any atom is -0.494 e. The van der Waals surface area contributed by atoms with E-state index in [1.165, 1.54) is 0 Å². The second-order valence-electron chi connectivity index (χ2n) is 8.57. The number of nitrogens with two attached hydrogens (primary N) is 1. The van der Waals surface area contributed by atoms with E-state index in [2.05, 4.69) is 13.0 Å². The molecule has 0 fully saturated rings. The molecule has 1 unspecified atom stereocenters. The van der Waals surface area contributed by atoms with Gasteiger partial charge in [-0.2, -0.15) is 5.26 Å². The molecule has 3 aromatic carbocycles. The van der Waals surface area contributed by atoms with Gasteiger partial charge in [-0.05, 0) is 60.9 Å². The first kappa shape index (κ1) is 25.9. The van der Waals surface area contributed by atoms with Crippen molar-refractivity contribution in [1.29, 1.82) is 5.26 Å². The molecule has 190 valence electrons. The van der Waals surface area contributed by atoms with Crippen molar-refractivity contribution in [1.82, 2.24) is 0 Å². The highest BCUT2D eigenvalue weighted by molar-refractivity contribution is 6.31. The van der Waals surface area contributed by atoms with Crippen LogP contribution >= 0.6 is 11.6 Å². The molecule has 0 amide bonds. The fourth-order valence-corrected chi connectivity index (χ4v) is 4.06. The maximum absolute atomic E-state index is 12.4. The van der Waals surface area contributed by atoms with Crippen molar-refractivity contribution in [3.63, 3.8) is 0 Å². The second-order valence-corrected chi connectivity index (χ2v) is 8.98. The molecule has 4 rings (SSSR count). The van der Waals surface area contributed by atoms with Crippen LogP contribution in [0.3, 0.4) is 0 Å².